The zero-order chi connectivity index (χ0) is 34.9. The average molecular weight is 686 g/mol. The van der Waals surface area contributed by atoms with Crippen molar-refractivity contribution in [3.8, 4) is 17.2 Å². The lowest BCUT2D eigenvalue weighted by Gasteiger charge is -2.32. The van der Waals surface area contributed by atoms with Gasteiger partial charge in [0.2, 0.25) is 11.7 Å². The first-order chi connectivity index (χ1) is 23.7. The van der Waals surface area contributed by atoms with Gasteiger partial charge in [0.05, 0.1) is 40.3 Å². The largest absolute Gasteiger partial charge is 0.493 e. The van der Waals surface area contributed by atoms with Gasteiger partial charge in [-0.25, -0.2) is 9.97 Å². The van der Waals surface area contributed by atoms with Gasteiger partial charge in [0.1, 0.15) is 6.04 Å². The van der Waals surface area contributed by atoms with Crippen LogP contribution < -0.4 is 24.4 Å². The Bertz CT molecular complexity index is 1700. The third-order valence-electron chi connectivity index (χ3n) is 8.15. The summed E-state index contributed by atoms with van der Waals surface area (Å²) in [6, 6.07) is 19.8. The maximum Gasteiger partial charge on any atom is 0.251 e. The molecule has 1 fully saturated rings. The van der Waals surface area contributed by atoms with Gasteiger partial charge in [-0.2, -0.15) is 0 Å². The van der Waals surface area contributed by atoms with Crippen molar-refractivity contribution in [3.63, 3.8) is 0 Å². The van der Waals surface area contributed by atoms with E-state index in [4.69, 9.17) is 18.9 Å². The van der Waals surface area contributed by atoms with Crippen molar-refractivity contribution in [1.29, 1.82) is 0 Å². The monoisotopic (exact) mass is 685 g/mol. The van der Waals surface area contributed by atoms with Crippen molar-refractivity contribution in [1.82, 2.24) is 14.9 Å². The number of aromatic nitrogens is 2. The van der Waals surface area contributed by atoms with Gasteiger partial charge in [-0.1, -0.05) is 41.6 Å². The van der Waals surface area contributed by atoms with Gasteiger partial charge in [0.15, 0.2) is 16.7 Å². The van der Waals surface area contributed by atoms with Crippen LogP contribution in [-0.2, 0) is 20.9 Å². The van der Waals surface area contributed by atoms with Crippen LogP contribution >= 0.6 is 11.8 Å². The van der Waals surface area contributed by atoms with Crippen molar-refractivity contribution in [3.05, 3.63) is 94.8 Å². The number of nitrogens with one attached hydrogen (secondary N) is 1. The number of thioether (sulfide) groups is 1. The van der Waals surface area contributed by atoms with Crippen molar-refractivity contribution in [2.24, 2.45) is 0 Å². The second kappa shape index (κ2) is 16.5. The number of hydrogen-bond acceptors (Lipinski definition) is 10. The van der Waals surface area contributed by atoms with Crippen LogP contribution in [0.15, 0.2) is 71.9 Å². The van der Waals surface area contributed by atoms with Gasteiger partial charge >= 0.3 is 0 Å². The van der Waals surface area contributed by atoms with Gasteiger partial charge in [0.25, 0.3) is 5.91 Å². The highest BCUT2D eigenvalue weighted by Gasteiger charge is 2.34. The van der Waals surface area contributed by atoms with Crippen molar-refractivity contribution in [2.45, 2.75) is 38.5 Å². The van der Waals surface area contributed by atoms with E-state index in [9.17, 15) is 9.59 Å². The van der Waals surface area contributed by atoms with Crippen molar-refractivity contribution < 1.29 is 28.5 Å². The molecule has 1 aromatic heterocycles. The fraction of sp³-hybridized carbons (Fsp3) is 0.351. The summed E-state index contributed by atoms with van der Waals surface area (Å²) in [4.78, 5) is 41.7. The molecule has 1 N–H and O–H groups in total. The molecule has 1 saturated heterocycles. The number of anilines is 2. The molecule has 1 atom stereocenters. The third kappa shape index (κ3) is 9.01. The summed E-state index contributed by atoms with van der Waals surface area (Å²) in [7, 11) is 4.55. The van der Waals surface area contributed by atoms with E-state index in [1.54, 1.807) is 17.0 Å². The van der Waals surface area contributed by atoms with Crippen LogP contribution in [0.3, 0.4) is 0 Å². The summed E-state index contributed by atoms with van der Waals surface area (Å²) < 4.78 is 22.4. The predicted octanol–water partition coefficient (Wildman–Crippen LogP) is 5.77. The molecule has 0 spiro atoms. The fourth-order valence-corrected chi connectivity index (χ4v) is 6.54. The summed E-state index contributed by atoms with van der Waals surface area (Å²) >= 11 is 1.23. The van der Waals surface area contributed by atoms with Gasteiger partial charge in [-0.05, 0) is 74.4 Å². The first-order valence-corrected chi connectivity index (χ1v) is 17.0. The highest BCUT2D eigenvalue weighted by atomic mass is 32.2. The van der Waals surface area contributed by atoms with Crippen LogP contribution in [0.5, 0.6) is 17.2 Å². The summed E-state index contributed by atoms with van der Waals surface area (Å²) in [6.07, 6.45) is 0. The van der Waals surface area contributed by atoms with Crippen LogP contribution in [0.4, 0.5) is 11.4 Å². The standard InChI is InChI=1S/C37H43N5O6S/c1-24-7-9-27(10-8-24)22-42(33(43)23-49-37-38-25(2)19-26(3)39-37)34(28-20-31(45-4)35(47-6)32(21-28)46-5)36(44)40-29-11-13-30(14-12-29)41-15-17-48-18-16-41/h7-14,19-21,34H,15-18,22-23H2,1-6H3,(H,40,44). The molecule has 1 unspecified atom stereocenters. The second-order valence-corrected chi connectivity index (χ2v) is 12.7. The molecule has 49 heavy (non-hydrogen) atoms. The van der Waals surface area contributed by atoms with Crippen LogP contribution in [0.2, 0.25) is 0 Å². The Labute approximate surface area is 291 Å². The van der Waals surface area contributed by atoms with E-state index in [-0.39, 0.29) is 18.2 Å². The Kier molecular flexibility index (Phi) is 12.0. The first-order valence-electron chi connectivity index (χ1n) is 16.0. The van der Waals surface area contributed by atoms with Gasteiger partial charge in [-0.15, -0.1) is 0 Å². The molecule has 258 valence electrons. The Hall–Kier alpha value is -4.81. The lowest BCUT2D eigenvalue weighted by molar-refractivity contribution is -0.137. The van der Waals surface area contributed by atoms with Gasteiger partial charge in [-0.3, -0.25) is 9.59 Å². The summed E-state index contributed by atoms with van der Waals surface area (Å²) in [6.45, 7) is 8.90. The van der Waals surface area contributed by atoms with Crippen LogP contribution in [0, 0.1) is 20.8 Å². The number of methoxy groups -OCH3 is 3. The minimum absolute atomic E-state index is 0.0111. The molecule has 0 bridgehead atoms. The van der Waals surface area contributed by atoms with E-state index in [1.165, 1.54) is 33.1 Å². The molecule has 3 aromatic carbocycles. The lowest BCUT2D eigenvalue weighted by atomic mass is 10.0. The summed E-state index contributed by atoms with van der Waals surface area (Å²) in [5.41, 5.74) is 5.71. The topological polar surface area (TPSA) is 115 Å². The number of aryl methyl sites for hydroxylation is 3. The van der Waals surface area contributed by atoms with Crippen molar-refractivity contribution >= 4 is 35.0 Å². The second-order valence-electron chi connectivity index (χ2n) is 11.7. The summed E-state index contributed by atoms with van der Waals surface area (Å²) in [5.74, 6) is 0.449. The molecule has 1 aliphatic heterocycles. The van der Waals surface area contributed by atoms with Crippen molar-refractivity contribution in [2.75, 3.05) is 63.6 Å². The van der Waals surface area contributed by atoms with E-state index in [0.29, 0.717) is 46.9 Å². The molecule has 2 heterocycles. The molecular formula is C37H43N5O6S. The fourth-order valence-electron chi connectivity index (χ4n) is 5.70. The van der Waals surface area contributed by atoms with Gasteiger partial charge in [0, 0.05) is 42.4 Å². The third-order valence-corrected chi connectivity index (χ3v) is 8.99. The SMILES string of the molecule is COc1cc(C(C(=O)Nc2ccc(N3CCOCC3)cc2)N(Cc2ccc(C)cc2)C(=O)CSc2nc(C)cc(C)n2)cc(OC)c1OC. The number of amides is 2. The highest BCUT2D eigenvalue weighted by molar-refractivity contribution is 7.99. The molecule has 2 amide bonds. The van der Waals surface area contributed by atoms with E-state index in [1.807, 2.05) is 75.4 Å². The average Bonchev–Trinajstić information content (AvgIpc) is 3.11. The normalized spacial score (nSPS) is 13.4. The minimum Gasteiger partial charge on any atom is -0.493 e. The maximum absolute atomic E-state index is 14.5. The van der Waals surface area contributed by atoms with E-state index < -0.39 is 11.9 Å². The molecule has 4 aromatic rings. The Morgan fingerprint density at radius 2 is 1.49 bits per heavy atom. The van der Waals surface area contributed by atoms with Crippen LogP contribution in [0.25, 0.3) is 0 Å². The molecule has 0 radical (unpaired) electrons. The zero-order valence-corrected chi connectivity index (χ0v) is 29.6. The first kappa shape index (κ1) is 35.5. The smallest absolute Gasteiger partial charge is 0.251 e. The molecule has 1 aliphatic rings. The quantitative estimate of drug-likeness (QED) is 0.138. The lowest BCUT2D eigenvalue weighted by Crippen LogP contribution is -2.42. The molecule has 0 aliphatic carbocycles. The van der Waals surface area contributed by atoms with E-state index in [2.05, 4.69) is 20.2 Å². The van der Waals surface area contributed by atoms with E-state index in [0.717, 1.165) is 41.3 Å². The maximum atomic E-state index is 14.5. The number of benzene rings is 3. The molecule has 0 saturated carbocycles. The molecule has 5 rings (SSSR count). The molecule has 12 heteroatoms. The number of rotatable bonds is 13. The van der Waals surface area contributed by atoms with Crippen LogP contribution in [0.1, 0.15) is 34.1 Å². The van der Waals surface area contributed by atoms with Crippen LogP contribution in [-0.4, -0.2) is 80.1 Å². The zero-order valence-electron chi connectivity index (χ0n) is 28.8. The number of ether oxygens (including phenoxy) is 4. The number of hydrogen-bond donors (Lipinski definition) is 1. The Morgan fingerprint density at radius 3 is 2.06 bits per heavy atom. The number of carbonyl (C=O) groups excluding carboxylic acids is 2. The van der Waals surface area contributed by atoms with Gasteiger partial charge < -0.3 is 34.1 Å². The van der Waals surface area contributed by atoms with E-state index >= 15 is 0 Å². The number of morpholine rings is 1. The molecular weight excluding hydrogens is 643 g/mol. The number of nitrogens with zero attached hydrogens (tertiary/aromatic N) is 4. The Morgan fingerprint density at radius 1 is 0.878 bits per heavy atom. The number of carbonyl (C=O) groups is 2. The molecule has 11 nitrogen and oxygen atoms in total. The summed E-state index contributed by atoms with van der Waals surface area (Å²) in [5, 5.41) is 3.57. The minimum atomic E-state index is -1.08. The Balaban J connectivity index is 1.54. The predicted molar refractivity (Wildman–Crippen MR) is 191 cm³/mol. The highest BCUT2D eigenvalue weighted by Crippen LogP contribution is 2.41.